The molecule has 54 heavy (non-hydrogen) atoms. The summed E-state index contributed by atoms with van der Waals surface area (Å²) in [6, 6.07) is 44.0. The monoisotopic (exact) mass is 714 g/mol. The molecule has 4 heteroatoms. The van der Waals surface area contributed by atoms with Crippen LogP contribution in [0.3, 0.4) is 0 Å². The molecule has 11 rings (SSSR count). The molecule has 0 saturated carbocycles. The van der Waals surface area contributed by atoms with E-state index in [1.165, 1.54) is 127 Å². The Morgan fingerprint density at radius 3 is 2.19 bits per heavy atom. The Kier molecular flexibility index (Phi) is 6.62. The second kappa shape index (κ2) is 11.1. The van der Waals surface area contributed by atoms with Crippen molar-refractivity contribution in [2.45, 2.75) is 65.2 Å². The Morgan fingerprint density at radius 2 is 1.35 bits per heavy atom. The number of fused-ring (bicyclic) bond motifs is 11. The number of nitrogens with zero attached hydrogens (tertiary/aromatic N) is 1. The van der Waals surface area contributed by atoms with E-state index in [9.17, 15) is 0 Å². The van der Waals surface area contributed by atoms with Crippen molar-refractivity contribution >= 4 is 93.7 Å². The summed E-state index contributed by atoms with van der Waals surface area (Å²) in [6.07, 6.45) is 2.41. The SMILES string of the molecule is Cc1cc(-c2c(Nc3cc4c(cc3C)C(C)(C)CCC4(C)C)ccc3sc4ccccc4c23)c2c(c1)-n1c3c(cccc3c3ccc4ccccc4c31)B2. The smallest absolute Gasteiger partial charge is 0.198 e. The van der Waals surface area contributed by atoms with Gasteiger partial charge >= 0.3 is 0 Å². The fourth-order valence-corrected chi connectivity index (χ4v) is 11.2. The third-order valence-corrected chi connectivity index (χ3v) is 14.2. The first-order valence-electron chi connectivity index (χ1n) is 19.5. The van der Waals surface area contributed by atoms with Crippen LogP contribution in [0.15, 0.2) is 115 Å². The van der Waals surface area contributed by atoms with Gasteiger partial charge in [-0.2, -0.15) is 0 Å². The second-order valence-corrected chi connectivity index (χ2v) is 18.5. The first kappa shape index (κ1) is 32.1. The van der Waals surface area contributed by atoms with Crippen LogP contribution < -0.4 is 16.2 Å². The van der Waals surface area contributed by atoms with Crippen molar-refractivity contribution in [3.63, 3.8) is 0 Å². The van der Waals surface area contributed by atoms with E-state index in [1.54, 1.807) is 0 Å². The van der Waals surface area contributed by atoms with Gasteiger partial charge in [-0.15, -0.1) is 11.3 Å². The largest absolute Gasteiger partial charge is 0.355 e. The zero-order valence-corrected chi connectivity index (χ0v) is 32.8. The van der Waals surface area contributed by atoms with Gasteiger partial charge in [-0.25, -0.2) is 0 Å². The minimum Gasteiger partial charge on any atom is -0.355 e. The van der Waals surface area contributed by atoms with Crippen molar-refractivity contribution in [3.8, 4) is 16.8 Å². The van der Waals surface area contributed by atoms with Crippen LogP contribution in [0.5, 0.6) is 0 Å². The lowest BCUT2D eigenvalue weighted by atomic mass is 9.58. The zero-order valence-electron chi connectivity index (χ0n) is 31.9. The van der Waals surface area contributed by atoms with Crippen LogP contribution in [0.2, 0.25) is 0 Å². The molecule has 0 bridgehead atoms. The molecule has 1 aliphatic carbocycles. The number of anilines is 2. The summed E-state index contributed by atoms with van der Waals surface area (Å²) in [5, 5.41) is 12.0. The van der Waals surface area contributed by atoms with Gasteiger partial charge in [0.15, 0.2) is 7.28 Å². The number of hydrogen-bond donors (Lipinski definition) is 1. The van der Waals surface area contributed by atoms with E-state index in [0.29, 0.717) is 0 Å². The standard InChI is InChI=1S/C50H43BN2S/c1-28-24-35(46-41(25-28)53-47-31-13-8-7-12-30(31)18-19-33(47)32-15-11-16-38(51-46)48(32)53)44-39(20-21-43-45(44)34-14-9-10-17-42(34)54-43)52-40-27-37-36(26-29(40)2)49(3,4)22-23-50(37,5)6/h7-21,24-27,51-52H,22-23H2,1-6H3. The highest BCUT2D eigenvalue weighted by Gasteiger charge is 2.38. The summed E-state index contributed by atoms with van der Waals surface area (Å²) in [7, 11) is 0.885. The van der Waals surface area contributed by atoms with Crippen molar-refractivity contribution < 1.29 is 0 Å². The molecule has 2 nitrogen and oxygen atoms in total. The van der Waals surface area contributed by atoms with E-state index >= 15 is 0 Å². The lowest BCUT2D eigenvalue weighted by Gasteiger charge is -2.42. The molecule has 7 aromatic carbocycles. The maximum Gasteiger partial charge on any atom is 0.198 e. The van der Waals surface area contributed by atoms with Gasteiger partial charge in [-0.3, -0.25) is 0 Å². The number of aromatic nitrogens is 1. The maximum absolute atomic E-state index is 4.11. The molecule has 3 heterocycles. The molecule has 1 N–H and O–H groups in total. The highest BCUT2D eigenvalue weighted by molar-refractivity contribution is 7.26. The number of aryl methyl sites for hydroxylation is 2. The Morgan fingerprint density at radius 1 is 0.630 bits per heavy atom. The van der Waals surface area contributed by atoms with E-state index in [4.69, 9.17) is 0 Å². The van der Waals surface area contributed by atoms with Crippen LogP contribution in [0.4, 0.5) is 11.4 Å². The molecular weight excluding hydrogens is 671 g/mol. The Hall–Kier alpha value is -5.32. The second-order valence-electron chi connectivity index (χ2n) is 17.4. The number of thiophene rings is 1. The molecule has 0 spiro atoms. The van der Waals surface area contributed by atoms with E-state index in [0.717, 1.165) is 7.28 Å². The first-order chi connectivity index (χ1) is 26.1. The summed E-state index contributed by atoms with van der Waals surface area (Å²) < 4.78 is 5.26. The third-order valence-electron chi connectivity index (χ3n) is 13.0. The minimum atomic E-state index is 0.128. The van der Waals surface area contributed by atoms with Gasteiger partial charge in [0.1, 0.15) is 0 Å². The molecule has 0 unspecified atom stereocenters. The first-order valence-corrected chi connectivity index (χ1v) is 20.3. The average molecular weight is 715 g/mol. The average Bonchev–Trinajstić information content (AvgIpc) is 3.72. The predicted molar refractivity (Wildman–Crippen MR) is 238 cm³/mol. The highest BCUT2D eigenvalue weighted by atomic mass is 32.1. The van der Waals surface area contributed by atoms with Crippen LogP contribution in [0.1, 0.15) is 62.8 Å². The number of para-hydroxylation sites is 1. The van der Waals surface area contributed by atoms with Crippen LogP contribution >= 0.6 is 11.3 Å². The van der Waals surface area contributed by atoms with Gasteiger partial charge in [0.25, 0.3) is 0 Å². The van der Waals surface area contributed by atoms with E-state index < -0.39 is 0 Å². The number of hydrogen-bond acceptors (Lipinski definition) is 2. The minimum absolute atomic E-state index is 0.128. The molecule has 0 amide bonds. The molecule has 9 aromatic rings. The van der Waals surface area contributed by atoms with Crippen LogP contribution in [0.25, 0.3) is 69.6 Å². The van der Waals surface area contributed by atoms with Gasteiger partial charge < -0.3 is 9.88 Å². The van der Waals surface area contributed by atoms with Gasteiger partial charge in [0.05, 0.1) is 5.52 Å². The van der Waals surface area contributed by atoms with Crippen LogP contribution in [-0.2, 0) is 10.8 Å². The van der Waals surface area contributed by atoms with E-state index in [2.05, 4.69) is 167 Å². The number of nitrogens with one attached hydrogen (secondary N) is 1. The summed E-state index contributed by atoms with van der Waals surface area (Å²) in [6.45, 7) is 14.3. The lowest BCUT2D eigenvalue weighted by Crippen LogP contribution is -2.37. The maximum atomic E-state index is 4.11. The summed E-state index contributed by atoms with van der Waals surface area (Å²) in [5.74, 6) is 0. The number of benzene rings is 7. The van der Waals surface area contributed by atoms with Gasteiger partial charge in [0, 0.05) is 64.5 Å². The Bertz CT molecular complexity index is 3080. The van der Waals surface area contributed by atoms with Crippen LogP contribution in [0, 0.1) is 13.8 Å². The summed E-state index contributed by atoms with van der Waals surface area (Å²) >= 11 is 1.90. The van der Waals surface area contributed by atoms with Gasteiger partial charge in [-0.1, -0.05) is 118 Å². The topological polar surface area (TPSA) is 17.0 Å². The van der Waals surface area contributed by atoms with Crippen LogP contribution in [-0.4, -0.2) is 11.8 Å². The Labute approximate surface area is 321 Å². The normalized spacial score (nSPS) is 15.5. The van der Waals surface area contributed by atoms with E-state index in [-0.39, 0.29) is 10.8 Å². The molecule has 0 atom stereocenters. The lowest BCUT2D eigenvalue weighted by molar-refractivity contribution is 0.332. The molecule has 262 valence electrons. The number of rotatable bonds is 3. The molecule has 2 aromatic heterocycles. The van der Waals surface area contributed by atoms with Gasteiger partial charge in [0.2, 0.25) is 0 Å². The van der Waals surface area contributed by atoms with Crippen molar-refractivity contribution in [1.82, 2.24) is 4.57 Å². The van der Waals surface area contributed by atoms with Crippen molar-refractivity contribution in [2.24, 2.45) is 0 Å². The fraction of sp³-hybridized carbons (Fsp3) is 0.200. The molecule has 0 fully saturated rings. The summed E-state index contributed by atoms with van der Waals surface area (Å²) in [5.41, 5.74) is 17.6. The molecule has 1 aliphatic heterocycles. The Balaban J connectivity index is 1.22. The highest BCUT2D eigenvalue weighted by Crippen LogP contribution is 2.49. The summed E-state index contributed by atoms with van der Waals surface area (Å²) in [4.78, 5) is 0. The van der Waals surface area contributed by atoms with Crippen molar-refractivity contribution in [2.75, 3.05) is 5.32 Å². The predicted octanol–water partition coefficient (Wildman–Crippen LogP) is 12.4. The third kappa shape index (κ3) is 4.47. The zero-order chi connectivity index (χ0) is 36.7. The molecule has 0 radical (unpaired) electrons. The van der Waals surface area contributed by atoms with E-state index in [1.807, 2.05) is 11.3 Å². The molecule has 2 aliphatic rings. The fourth-order valence-electron chi connectivity index (χ4n) is 10.1. The molecular formula is C50H43BN2S. The molecule has 0 saturated heterocycles. The van der Waals surface area contributed by atoms with Crippen molar-refractivity contribution in [3.05, 3.63) is 138 Å². The van der Waals surface area contributed by atoms with Crippen molar-refractivity contribution in [1.29, 1.82) is 0 Å². The van der Waals surface area contributed by atoms with Gasteiger partial charge in [-0.05, 0) is 107 Å². The quantitative estimate of drug-likeness (QED) is 0.180.